The lowest BCUT2D eigenvalue weighted by atomic mass is 10.2. The van der Waals surface area contributed by atoms with Crippen LogP contribution in [0.2, 0.25) is 0 Å². The van der Waals surface area contributed by atoms with E-state index in [1.807, 2.05) is 0 Å². The van der Waals surface area contributed by atoms with Crippen molar-refractivity contribution in [2.24, 2.45) is 0 Å². The zero-order valence-electron chi connectivity index (χ0n) is 7.57. The number of aliphatic hydroxyl groups is 3. The van der Waals surface area contributed by atoms with Crippen LogP contribution in [0.25, 0.3) is 0 Å². The molecule has 0 aromatic carbocycles. The first-order chi connectivity index (χ1) is 6.35. The molecule has 1 aliphatic rings. The molecule has 3 N–H and O–H groups in total. The highest BCUT2D eigenvalue weighted by molar-refractivity contribution is 4.97. The standard InChI is InChI=1S/C5H10O2.C4H6O2/c6-4-5-2-1-3-7-5;5-3-1-2-4-6/h5-6H,1-4H2;5-6H,3-4H2. The van der Waals surface area contributed by atoms with Crippen LogP contribution in [0.15, 0.2) is 0 Å². The van der Waals surface area contributed by atoms with Crippen LogP contribution in [0.4, 0.5) is 0 Å². The van der Waals surface area contributed by atoms with Gasteiger partial charge in [-0.15, -0.1) is 0 Å². The molecule has 1 rings (SSSR count). The van der Waals surface area contributed by atoms with Crippen molar-refractivity contribution in [1.82, 2.24) is 0 Å². The fraction of sp³-hybridized carbons (Fsp3) is 0.778. The van der Waals surface area contributed by atoms with Gasteiger partial charge in [0.05, 0.1) is 12.7 Å². The minimum Gasteiger partial charge on any atom is -0.394 e. The van der Waals surface area contributed by atoms with Crippen molar-refractivity contribution < 1.29 is 20.1 Å². The molecule has 0 bridgehead atoms. The maximum Gasteiger partial charge on any atom is 0.104 e. The quantitative estimate of drug-likeness (QED) is 0.468. The van der Waals surface area contributed by atoms with Gasteiger partial charge in [0.1, 0.15) is 13.2 Å². The highest BCUT2D eigenvalue weighted by Gasteiger charge is 2.12. The summed E-state index contributed by atoms with van der Waals surface area (Å²) in [6.07, 6.45) is 2.31. The summed E-state index contributed by atoms with van der Waals surface area (Å²) in [7, 11) is 0. The first-order valence-electron chi connectivity index (χ1n) is 4.25. The first-order valence-corrected chi connectivity index (χ1v) is 4.25. The van der Waals surface area contributed by atoms with Crippen LogP contribution in [0, 0.1) is 11.8 Å². The molecule has 4 nitrogen and oxygen atoms in total. The van der Waals surface area contributed by atoms with Gasteiger partial charge in [0.15, 0.2) is 0 Å². The molecule has 76 valence electrons. The van der Waals surface area contributed by atoms with Gasteiger partial charge in [-0.25, -0.2) is 0 Å². The van der Waals surface area contributed by atoms with Crippen LogP contribution in [0.1, 0.15) is 12.8 Å². The normalized spacial score (nSPS) is 19.8. The second-order valence-electron chi connectivity index (χ2n) is 2.49. The third kappa shape index (κ3) is 7.75. The minimum atomic E-state index is -0.166. The fourth-order valence-electron chi connectivity index (χ4n) is 0.900. The molecule has 1 atom stereocenters. The molecule has 1 fully saturated rings. The van der Waals surface area contributed by atoms with E-state index in [0.717, 1.165) is 19.4 Å². The monoisotopic (exact) mass is 188 g/mol. The summed E-state index contributed by atoms with van der Waals surface area (Å²) in [4.78, 5) is 0. The van der Waals surface area contributed by atoms with E-state index in [1.54, 1.807) is 0 Å². The fourth-order valence-corrected chi connectivity index (χ4v) is 0.900. The molecule has 13 heavy (non-hydrogen) atoms. The van der Waals surface area contributed by atoms with Crippen molar-refractivity contribution in [3.63, 3.8) is 0 Å². The van der Waals surface area contributed by atoms with Crippen LogP contribution in [-0.4, -0.2) is 47.9 Å². The molecule has 1 unspecified atom stereocenters. The summed E-state index contributed by atoms with van der Waals surface area (Å²) in [5, 5.41) is 24.3. The molecule has 0 aliphatic carbocycles. The Labute approximate surface area is 78.2 Å². The highest BCUT2D eigenvalue weighted by atomic mass is 16.5. The van der Waals surface area contributed by atoms with Gasteiger partial charge in [-0.3, -0.25) is 0 Å². The van der Waals surface area contributed by atoms with Crippen molar-refractivity contribution >= 4 is 0 Å². The zero-order valence-corrected chi connectivity index (χ0v) is 7.57. The summed E-state index contributed by atoms with van der Waals surface area (Å²) < 4.78 is 5.05. The largest absolute Gasteiger partial charge is 0.394 e. The van der Waals surface area contributed by atoms with Crippen LogP contribution < -0.4 is 0 Å². The predicted octanol–water partition coefficient (Wildman–Crippen LogP) is -0.868. The SMILES string of the molecule is OCC#CCO.OCC1CCCO1. The van der Waals surface area contributed by atoms with Crippen LogP contribution >= 0.6 is 0 Å². The van der Waals surface area contributed by atoms with Crippen LogP contribution in [-0.2, 0) is 4.74 Å². The molecular weight excluding hydrogens is 172 g/mol. The maximum absolute atomic E-state index is 8.44. The van der Waals surface area contributed by atoms with Gasteiger partial charge in [0.25, 0.3) is 0 Å². The van der Waals surface area contributed by atoms with E-state index in [1.165, 1.54) is 0 Å². The van der Waals surface area contributed by atoms with Gasteiger partial charge < -0.3 is 20.1 Å². The van der Waals surface area contributed by atoms with Gasteiger partial charge >= 0.3 is 0 Å². The molecule has 0 aromatic rings. The molecule has 1 aliphatic heterocycles. The summed E-state index contributed by atoms with van der Waals surface area (Å²) in [6.45, 7) is 0.701. The summed E-state index contributed by atoms with van der Waals surface area (Å²) in [5.74, 6) is 4.51. The Kier molecular flexibility index (Phi) is 9.05. The van der Waals surface area contributed by atoms with Crippen LogP contribution in [0.5, 0.6) is 0 Å². The Morgan fingerprint density at radius 2 is 1.77 bits per heavy atom. The lowest BCUT2D eigenvalue weighted by Crippen LogP contribution is -2.09. The van der Waals surface area contributed by atoms with E-state index in [-0.39, 0.29) is 25.9 Å². The molecule has 0 radical (unpaired) electrons. The first kappa shape index (κ1) is 12.4. The third-order valence-electron chi connectivity index (χ3n) is 1.51. The van der Waals surface area contributed by atoms with E-state index < -0.39 is 0 Å². The molecule has 0 spiro atoms. The van der Waals surface area contributed by atoms with Crippen molar-refractivity contribution in [2.45, 2.75) is 18.9 Å². The molecule has 4 heteroatoms. The van der Waals surface area contributed by atoms with Crippen LogP contribution in [0.3, 0.4) is 0 Å². The third-order valence-corrected chi connectivity index (χ3v) is 1.51. The molecule has 0 saturated carbocycles. The van der Waals surface area contributed by atoms with Gasteiger partial charge in [-0.2, -0.15) is 0 Å². The van der Waals surface area contributed by atoms with E-state index in [9.17, 15) is 0 Å². The Morgan fingerprint density at radius 3 is 2.00 bits per heavy atom. The number of hydrogen-bond acceptors (Lipinski definition) is 4. The number of hydrogen-bond donors (Lipinski definition) is 3. The maximum atomic E-state index is 8.44. The lowest BCUT2D eigenvalue weighted by molar-refractivity contribution is 0.0591. The number of ether oxygens (including phenoxy) is 1. The molecule has 1 saturated heterocycles. The summed E-state index contributed by atoms with van der Waals surface area (Å²) >= 11 is 0. The van der Waals surface area contributed by atoms with Gasteiger partial charge in [0, 0.05) is 6.61 Å². The topological polar surface area (TPSA) is 69.9 Å². The van der Waals surface area contributed by atoms with Crippen molar-refractivity contribution in [3.05, 3.63) is 0 Å². The van der Waals surface area contributed by atoms with Gasteiger partial charge in [0.2, 0.25) is 0 Å². The second kappa shape index (κ2) is 9.49. The van der Waals surface area contributed by atoms with E-state index in [4.69, 9.17) is 20.1 Å². The average molecular weight is 188 g/mol. The lowest BCUT2D eigenvalue weighted by Gasteiger charge is -2.00. The predicted molar refractivity (Wildman–Crippen MR) is 48.0 cm³/mol. The van der Waals surface area contributed by atoms with Crippen molar-refractivity contribution in [1.29, 1.82) is 0 Å². The Morgan fingerprint density at radius 1 is 1.15 bits per heavy atom. The Balaban J connectivity index is 0.000000226. The molecule has 1 heterocycles. The summed E-state index contributed by atoms with van der Waals surface area (Å²) in [5.41, 5.74) is 0. The van der Waals surface area contributed by atoms with Crippen molar-refractivity contribution in [3.8, 4) is 11.8 Å². The van der Waals surface area contributed by atoms with Crippen molar-refractivity contribution in [2.75, 3.05) is 26.4 Å². The summed E-state index contributed by atoms with van der Waals surface area (Å²) in [6, 6.07) is 0. The minimum absolute atomic E-state index is 0.153. The molecule has 0 amide bonds. The smallest absolute Gasteiger partial charge is 0.104 e. The number of rotatable bonds is 1. The average Bonchev–Trinajstić information content (AvgIpc) is 2.68. The Bertz CT molecular complexity index is 145. The van der Waals surface area contributed by atoms with E-state index in [0.29, 0.717) is 0 Å². The van der Waals surface area contributed by atoms with Gasteiger partial charge in [-0.1, -0.05) is 11.8 Å². The molecule has 0 aromatic heterocycles. The second-order valence-corrected chi connectivity index (χ2v) is 2.49. The van der Waals surface area contributed by atoms with E-state index in [2.05, 4.69) is 11.8 Å². The van der Waals surface area contributed by atoms with E-state index >= 15 is 0 Å². The Hall–Kier alpha value is -0.600. The zero-order chi connectivity index (χ0) is 9.94. The number of aliphatic hydroxyl groups excluding tert-OH is 3. The molecular formula is C9H16O4. The highest BCUT2D eigenvalue weighted by Crippen LogP contribution is 2.09. The van der Waals surface area contributed by atoms with Gasteiger partial charge in [-0.05, 0) is 12.8 Å².